The molecule has 0 spiro atoms. The van der Waals surface area contributed by atoms with Crippen molar-refractivity contribution in [1.82, 2.24) is 0 Å². The first-order valence-electron chi connectivity index (χ1n) is 17.9. The summed E-state index contributed by atoms with van der Waals surface area (Å²) in [7, 11) is 3.33. The summed E-state index contributed by atoms with van der Waals surface area (Å²) in [4.78, 5) is 26.1. The smallest absolute Gasteiger partial charge is 0.166 e. The number of benzene rings is 6. The van der Waals surface area contributed by atoms with Gasteiger partial charge >= 0.3 is 0 Å². The van der Waals surface area contributed by atoms with Crippen molar-refractivity contribution in [3.8, 4) is 11.5 Å². The summed E-state index contributed by atoms with van der Waals surface area (Å²) in [5, 5.41) is 0. The highest BCUT2D eigenvalue weighted by Crippen LogP contribution is 2.33. The van der Waals surface area contributed by atoms with Crippen molar-refractivity contribution in [2.24, 2.45) is 11.8 Å². The fourth-order valence-corrected chi connectivity index (χ4v) is 6.70. The summed E-state index contributed by atoms with van der Waals surface area (Å²) in [5.74, 6) is 2.00. The van der Waals surface area contributed by atoms with E-state index in [2.05, 4.69) is 48.5 Å². The van der Waals surface area contributed by atoms with Gasteiger partial charge in [0, 0.05) is 23.0 Å². The molecule has 0 aromatic heterocycles. The van der Waals surface area contributed by atoms with E-state index in [9.17, 15) is 9.59 Å². The number of hydrogen-bond acceptors (Lipinski definition) is 4. The van der Waals surface area contributed by atoms with Crippen molar-refractivity contribution in [3.63, 3.8) is 0 Å². The lowest BCUT2D eigenvalue weighted by Gasteiger charge is -2.24. The number of hydrogen-bond donors (Lipinski definition) is 0. The average Bonchev–Trinajstić information content (AvgIpc) is 3.22. The number of methoxy groups -OCH3 is 2. The van der Waals surface area contributed by atoms with Crippen LogP contribution in [0.1, 0.15) is 68.7 Å². The largest absolute Gasteiger partial charge is 0.497 e. The van der Waals surface area contributed by atoms with Gasteiger partial charge in [0.1, 0.15) is 11.5 Å². The van der Waals surface area contributed by atoms with Crippen LogP contribution >= 0.6 is 0 Å². The third kappa shape index (κ3) is 10.2. The monoisotopic (exact) mass is 688 g/mol. The molecular formula is C48H48O4. The molecule has 6 rings (SSSR count). The van der Waals surface area contributed by atoms with Gasteiger partial charge in [0.25, 0.3) is 0 Å². The third-order valence-electron chi connectivity index (χ3n) is 9.84. The van der Waals surface area contributed by atoms with Gasteiger partial charge in [-0.15, -0.1) is 0 Å². The zero-order valence-corrected chi connectivity index (χ0v) is 30.5. The van der Waals surface area contributed by atoms with Gasteiger partial charge in [-0.1, -0.05) is 159 Å². The molecule has 0 saturated carbocycles. The summed E-state index contributed by atoms with van der Waals surface area (Å²) < 4.78 is 10.6. The highest BCUT2D eigenvalue weighted by atomic mass is 16.5. The highest BCUT2D eigenvalue weighted by Gasteiger charge is 2.28. The molecular weight excluding hydrogens is 641 g/mol. The number of Topliss-reactive ketones (excluding diaryl/α,β-unsaturated/α-hetero) is 2. The second kappa shape index (κ2) is 19.0. The fourth-order valence-electron chi connectivity index (χ4n) is 6.70. The Labute approximate surface area is 309 Å². The molecule has 52 heavy (non-hydrogen) atoms. The molecule has 4 atom stereocenters. The van der Waals surface area contributed by atoms with Crippen LogP contribution in [-0.4, -0.2) is 25.8 Å². The SMILES string of the molecule is COc1ccc([C@@H](Cc2ccccc2)[C@H](C)C(=O)c2ccccc2)cc1.COc1ccc([C@H](Cc2ccccc2)[C@@H](C)C(=O)c2ccccc2)cc1. The quantitative estimate of drug-likeness (QED) is 0.107. The number of ether oxygens (including phenoxy) is 2. The maximum atomic E-state index is 13.0. The van der Waals surface area contributed by atoms with Gasteiger partial charge < -0.3 is 9.47 Å². The first kappa shape index (κ1) is 37.5. The Bertz CT molecular complexity index is 1790. The van der Waals surface area contributed by atoms with E-state index in [-0.39, 0.29) is 35.2 Å². The molecule has 4 heteroatoms. The number of carbonyl (C=O) groups excluding carboxylic acids is 2. The van der Waals surface area contributed by atoms with E-state index in [1.54, 1.807) is 14.2 Å². The van der Waals surface area contributed by atoms with Crippen LogP contribution in [0.4, 0.5) is 0 Å². The fraction of sp³-hybridized carbons (Fsp3) is 0.208. The van der Waals surface area contributed by atoms with E-state index in [0.29, 0.717) is 0 Å². The molecule has 264 valence electrons. The van der Waals surface area contributed by atoms with Crippen LogP contribution in [0.15, 0.2) is 170 Å². The van der Waals surface area contributed by atoms with Gasteiger partial charge in [-0.2, -0.15) is 0 Å². The normalized spacial score (nSPS) is 13.0. The minimum atomic E-state index is -0.119. The molecule has 4 nitrogen and oxygen atoms in total. The first-order chi connectivity index (χ1) is 25.4. The van der Waals surface area contributed by atoms with Crippen molar-refractivity contribution in [2.45, 2.75) is 38.5 Å². The molecule has 6 aromatic rings. The predicted octanol–water partition coefficient (Wildman–Crippen LogP) is 11.1. The molecule has 0 amide bonds. The first-order valence-corrected chi connectivity index (χ1v) is 17.9. The molecule has 0 aliphatic carbocycles. The van der Waals surface area contributed by atoms with Crippen molar-refractivity contribution < 1.29 is 19.1 Å². The van der Waals surface area contributed by atoms with Crippen molar-refractivity contribution in [3.05, 3.63) is 203 Å². The van der Waals surface area contributed by atoms with E-state index in [1.807, 2.05) is 135 Å². The molecule has 0 heterocycles. The second-order valence-corrected chi connectivity index (χ2v) is 13.2. The molecule has 0 N–H and O–H groups in total. The summed E-state index contributed by atoms with van der Waals surface area (Å²) in [6.07, 6.45) is 1.65. The standard InChI is InChI=1S/2C24H24O2/c2*1-18(24(25)21-11-7-4-8-12-21)23(17-19-9-5-3-6-10-19)20-13-15-22(26-2)16-14-20/h2*3-16,18,23H,17H2,1-2H3/t2*18-,23-/m10/s1. The molecule has 0 aliphatic heterocycles. The lowest BCUT2D eigenvalue weighted by Crippen LogP contribution is -2.21. The van der Waals surface area contributed by atoms with Crippen LogP contribution in [0.25, 0.3) is 0 Å². The van der Waals surface area contributed by atoms with Gasteiger partial charge in [0.05, 0.1) is 14.2 Å². The average molecular weight is 689 g/mol. The molecule has 0 saturated heterocycles. The van der Waals surface area contributed by atoms with Crippen LogP contribution in [0.5, 0.6) is 11.5 Å². The third-order valence-corrected chi connectivity index (χ3v) is 9.84. The number of ketones is 2. The molecule has 0 aliphatic rings. The highest BCUT2D eigenvalue weighted by molar-refractivity contribution is 5.98. The van der Waals surface area contributed by atoms with E-state index in [1.165, 1.54) is 11.1 Å². The van der Waals surface area contributed by atoms with Gasteiger partial charge in [-0.25, -0.2) is 0 Å². The zero-order chi connectivity index (χ0) is 36.7. The number of carbonyl (C=O) groups is 2. The summed E-state index contributed by atoms with van der Waals surface area (Å²) >= 11 is 0. The van der Waals surface area contributed by atoms with Gasteiger partial charge in [0.2, 0.25) is 0 Å². The second-order valence-electron chi connectivity index (χ2n) is 13.2. The van der Waals surface area contributed by atoms with Crippen LogP contribution < -0.4 is 9.47 Å². The molecule has 0 bridgehead atoms. The van der Waals surface area contributed by atoms with Gasteiger partial charge in [0.15, 0.2) is 11.6 Å². The molecule has 0 unspecified atom stereocenters. The maximum Gasteiger partial charge on any atom is 0.166 e. The predicted molar refractivity (Wildman–Crippen MR) is 212 cm³/mol. The van der Waals surface area contributed by atoms with E-state index in [0.717, 1.165) is 46.6 Å². The Hall–Kier alpha value is -5.74. The van der Waals surface area contributed by atoms with Crippen molar-refractivity contribution >= 4 is 11.6 Å². The Morgan fingerprint density at radius 2 is 0.712 bits per heavy atom. The maximum absolute atomic E-state index is 13.0. The Morgan fingerprint density at radius 1 is 0.423 bits per heavy atom. The minimum absolute atomic E-state index is 0.107. The van der Waals surface area contributed by atoms with Crippen LogP contribution in [0.2, 0.25) is 0 Å². The summed E-state index contributed by atoms with van der Waals surface area (Å²) in [5.41, 5.74) is 6.33. The Kier molecular flexibility index (Phi) is 13.7. The van der Waals surface area contributed by atoms with E-state index >= 15 is 0 Å². The van der Waals surface area contributed by atoms with Crippen LogP contribution in [-0.2, 0) is 12.8 Å². The topological polar surface area (TPSA) is 52.6 Å². The summed E-state index contributed by atoms with van der Waals surface area (Å²) in [6.45, 7) is 4.07. The van der Waals surface area contributed by atoms with Gasteiger partial charge in [-0.05, 0) is 71.2 Å². The van der Waals surface area contributed by atoms with E-state index < -0.39 is 0 Å². The zero-order valence-electron chi connectivity index (χ0n) is 30.5. The molecule has 0 radical (unpaired) electrons. The van der Waals surface area contributed by atoms with E-state index in [4.69, 9.17) is 9.47 Å². The Balaban J connectivity index is 0.000000201. The van der Waals surface area contributed by atoms with Crippen LogP contribution in [0.3, 0.4) is 0 Å². The molecule has 6 aromatic carbocycles. The lowest BCUT2D eigenvalue weighted by molar-refractivity contribution is 0.0903. The lowest BCUT2D eigenvalue weighted by atomic mass is 9.79. The minimum Gasteiger partial charge on any atom is -0.497 e. The van der Waals surface area contributed by atoms with Crippen LogP contribution in [0, 0.1) is 11.8 Å². The Morgan fingerprint density at radius 3 is 1.00 bits per heavy atom. The number of rotatable bonds is 14. The van der Waals surface area contributed by atoms with Gasteiger partial charge in [-0.3, -0.25) is 9.59 Å². The van der Waals surface area contributed by atoms with Crippen molar-refractivity contribution in [2.75, 3.05) is 14.2 Å². The summed E-state index contributed by atoms with van der Waals surface area (Å²) in [6, 6.07) is 56.0. The van der Waals surface area contributed by atoms with Crippen molar-refractivity contribution in [1.29, 1.82) is 0 Å². The molecule has 0 fully saturated rings.